The first-order valence-electron chi connectivity index (χ1n) is 9.70. The molecule has 0 radical (unpaired) electrons. The first-order chi connectivity index (χ1) is 14.7. The van der Waals surface area contributed by atoms with E-state index in [2.05, 4.69) is 25.8 Å². The van der Waals surface area contributed by atoms with E-state index >= 15 is 0 Å². The maximum Gasteiger partial charge on any atom is 0.231 e. The minimum atomic E-state index is 0. The second-order valence-electron chi connectivity index (χ2n) is 6.58. The molecule has 10 heteroatoms. The van der Waals surface area contributed by atoms with Crippen LogP contribution in [0.25, 0.3) is 11.4 Å². The van der Waals surface area contributed by atoms with Crippen LogP contribution >= 0.6 is 35.6 Å². The van der Waals surface area contributed by atoms with Crippen molar-refractivity contribution in [1.29, 1.82) is 0 Å². The Morgan fingerprint density at radius 3 is 2.84 bits per heavy atom. The Morgan fingerprint density at radius 2 is 2.00 bits per heavy atom. The fraction of sp³-hybridized carbons (Fsp3) is 0.286. The third kappa shape index (κ3) is 6.23. The summed E-state index contributed by atoms with van der Waals surface area (Å²) in [4.78, 5) is 9.05. The molecule has 0 saturated carbocycles. The van der Waals surface area contributed by atoms with E-state index in [0.717, 1.165) is 29.2 Å². The second-order valence-corrected chi connectivity index (χ2v) is 7.02. The monoisotopic (exact) mass is 555 g/mol. The Kier molecular flexibility index (Phi) is 8.35. The molecule has 0 spiro atoms. The average molecular weight is 556 g/mol. The molecule has 0 bridgehead atoms. The van der Waals surface area contributed by atoms with Crippen molar-refractivity contribution in [3.63, 3.8) is 0 Å². The van der Waals surface area contributed by atoms with E-state index in [1.165, 1.54) is 0 Å². The predicted molar refractivity (Wildman–Crippen MR) is 129 cm³/mol. The van der Waals surface area contributed by atoms with Gasteiger partial charge in [-0.05, 0) is 36.8 Å². The lowest BCUT2D eigenvalue weighted by atomic mass is 10.2. The van der Waals surface area contributed by atoms with Crippen LogP contribution in [0.3, 0.4) is 0 Å². The number of nitrogens with one attached hydrogen (secondary N) is 2. The van der Waals surface area contributed by atoms with Crippen molar-refractivity contribution in [2.45, 2.75) is 19.9 Å². The number of halogens is 2. The quantitative estimate of drug-likeness (QED) is 0.258. The van der Waals surface area contributed by atoms with Gasteiger partial charge in [0.25, 0.3) is 0 Å². The summed E-state index contributed by atoms with van der Waals surface area (Å²) in [5, 5.41) is 11.2. The summed E-state index contributed by atoms with van der Waals surface area (Å²) < 4.78 is 16.1. The van der Waals surface area contributed by atoms with Gasteiger partial charge in [0.05, 0.1) is 6.54 Å². The van der Waals surface area contributed by atoms with Gasteiger partial charge < -0.3 is 24.6 Å². The molecule has 2 aromatic carbocycles. The zero-order chi connectivity index (χ0) is 20.8. The molecule has 0 amide bonds. The highest BCUT2D eigenvalue weighted by Gasteiger charge is 2.13. The standard InChI is InChI=1S/C21H22ClN5O3.HI/c1-2-23-21(25-12-14-6-7-17-18(10-14)29-13-28-17)24-9-8-19-26-20(27-30-19)15-4-3-5-16(22)11-15;/h3-7,10-11H,2,8-9,12-13H2,1H3,(H2,23,24,25);1H. The fourth-order valence-electron chi connectivity index (χ4n) is 2.94. The number of benzene rings is 2. The Balaban J connectivity index is 0.00000272. The number of fused-ring (bicyclic) bond motifs is 1. The third-order valence-electron chi connectivity index (χ3n) is 4.38. The van der Waals surface area contributed by atoms with Gasteiger partial charge in [0.2, 0.25) is 18.5 Å². The summed E-state index contributed by atoms with van der Waals surface area (Å²) in [7, 11) is 0. The topological polar surface area (TPSA) is 93.8 Å². The molecule has 0 atom stereocenters. The summed E-state index contributed by atoms with van der Waals surface area (Å²) in [5.74, 6) is 3.31. The molecule has 4 rings (SSSR count). The number of hydrogen-bond acceptors (Lipinski definition) is 6. The number of ether oxygens (including phenoxy) is 2. The average Bonchev–Trinajstić information content (AvgIpc) is 3.41. The van der Waals surface area contributed by atoms with Gasteiger partial charge in [-0.1, -0.05) is 35.0 Å². The molecule has 2 N–H and O–H groups in total. The van der Waals surface area contributed by atoms with E-state index in [9.17, 15) is 0 Å². The number of hydrogen-bond donors (Lipinski definition) is 2. The van der Waals surface area contributed by atoms with Crippen molar-refractivity contribution in [2.75, 3.05) is 19.9 Å². The summed E-state index contributed by atoms with van der Waals surface area (Å²) >= 11 is 6.02. The summed E-state index contributed by atoms with van der Waals surface area (Å²) in [6.07, 6.45) is 0.571. The van der Waals surface area contributed by atoms with Gasteiger partial charge in [-0.3, -0.25) is 0 Å². The molecular weight excluding hydrogens is 533 g/mol. The van der Waals surface area contributed by atoms with E-state index in [4.69, 9.17) is 25.6 Å². The molecule has 1 aliphatic heterocycles. The van der Waals surface area contributed by atoms with Crippen LogP contribution in [0.1, 0.15) is 18.4 Å². The molecule has 0 fully saturated rings. The highest BCUT2D eigenvalue weighted by Crippen LogP contribution is 2.32. The SMILES string of the molecule is CCNC(=NCc1ccc2c(c1)OCO2)NCCc1nc(-c2cccc(Cl)c2)no1.I. The van der Waals surface area contributed by atoms with Crippen molar-refractivity contribution in [3.8, 4) is 22.9 Å². The molecule has 3 aromatic rings. The van der Waals surface area contributed by atoms with Crippen LogP contribution in [-0.4, -0.2) is 36.0 Å². The van der Waals surface area contributed by atoms with Crippen molar-refractivity contribution >= 4 is 41.5 Å². The van der Waals surface area contributed by atoms with Crippen LogP contribution in [0.4, 0.5) is 0 Å². The van der Waals surface area contributed by atoms with E-state index in [1.807, 2.05) is 37.3 Å². The first-order valence-corrected chi connectivity index (χ1v) is 10.1. The van der Waals surface area contributed by atoms with Crippen LogP contribution in [0, 0.1) is 0 Å². The van der Waals surface area contributed by atoms with Gasteiger partial charge in [-0.2, -0.15) is 4.98 Å². The first kappa shape index (κ1) is 23.1. The van der Waals surface area contributed by atoms with Crippen LogP contribution in [0.5, 0.6) is 11.5 Å². The van der Waals surface area contributed by atoms with Gasteiger partial charge >= 0.3 is 0 Å². The fourth-order valence-corrected chi connectivity index (χ4v) is 3.13. The van der Waals surface area contributed by atoms with Gasteiger partial charge in [-0.25, -0.2) is 4.99 Å². The Hall–Kier alpha value is -2.53. The van der Waals surface area contributed by atoms with Crippen molar-refractivity contribution in [2.24, 2.45) is 4.99 Å². The molecule has 31 heavy (non-hydrogen) atoms. The molecular formula is C21H23ClIN5O3. The lowest BCUT2D eigenvalue weighted by molar-refractivity contribution is 0.174. The lowest BCUT2D eigenvalue weighted by Gasteiger charge is -2.10. The highest BCUT2D eigenvalue weighted by atomic mass is 127. The van der Waals surface area contributed by atoms with Crippen LogP contribution < -0.4 is 20.1 Å². The number of rotatable bonds is 7. The highest BCUT2D eigenvalue weighted by molar-refractivity contribution is 14.0. The number of guanidine groups is 1. The van der Waals surface area contributed by atoms with Crippen LogP contribution in [-0.2, 0) is 13.0 Å². The van der Waals surface area contributed by atoms with Crippen LogP contribution in [0.2, 0.25) is 5.02 Å². The van der Waals surface area contributed by atoms with E-state index < -0.39 is 0 Å². The van der Waals surface area contributed by atoms with Gasteiger partial charge in [0, 0.05) is 30.1 Å². The van der Waals surface area contributed by atoms with Crippen molar-refractivity contribution in [3.05, 3.63) is 58.9 Å². The Bertz CT molecular complexity index is 1040. The predicted octanol–water partition coefficient (Wildman–Crippen LogP) is 4.03. The lowest BCUT2D eigenvalue weighted by Crippen LogP contribution is -2.38. The molecule has 2 heterocycles. The summed E-state index contributed by atoms with van der Waals surface area (Å²) in [6.45, 7) is 4.16. The maximum absolute atomic E-state index is 6.02. The zero-order valence-electron chi connectivity index (χ0n) is 16.9. The number of aromatic nitrogens is 2. The molecule has 1 aliphatic rings. The molecule has 0 aliphatic carbocycles. The molecule has 0 unspecified atom stereocenters. The van der Waals surface area contributed by atoms with Gasteiger partial charge in [0.15, 0.2) is 17.5 Å². The number of nitrogens with zero attached hydrogens (tertiary/aromatic N) is 3. The Labute approximate surface area is 202 Å². The van der Waals surface area contributed by atoms with E-state index in [-0.39, 0.29) is 30.8 Å². The molecule has 1 aromatic heterocycles. The zero-order valence-corrected chi connectivity index (χ0v) is 20.0. The molecule has 164 valence electrons. The van der Waals surface area contributed by atoms with E-state index in [1.54, 1.807) is 12.1 Å². The van der Waals surface area contributed by atoms with Gasteiger partial charge in [-0.15, -0.1) is 24.0 Å². The molecule has 0 saturated heterocycles. The van der Waals surface area contributed by atoms with Crippen molar-refractivity contribution in [1.82, 2.24) is 20.8 Å². The normalized spacial score (nSPS) is 12.4. The minimum absolute atomic E-state index is 0. The molecule has 8 nitrogen and oxygen atoms in total. The van der Waals surface area contributed by atoms with Crippen LogP contribution in [0.15, 0.2) is 52.0 Å². The van der Waals surface area contributed by atoms with E-state index in [0.29, 0.717) is 42.2 Å². The summed E-state index contributed by atoms with van der Waals surface area (Å²) in [5.41, 5.74) is 1.86. The van der Waals surface area contributed by atoms with Gasteiger partial charge in [0.1, 0.15) is 0 Å². The smallest absolute Gasteiger partial charge is 0.231 e. The second kappa shape index (κ2) is 11.2. The third-order valence-corrected chi connectivity index (χ3v) is 4.62. The number of aliphatic imine (C=N–C) groups is 1. The largest absolute Gasteiger partial charge is 0.454 e. The maximum atomic E-state index is 6.02. The minimum Gasteiger partial charge on any atom is -0.454 e. The summed E-state index contributed by atoms with van der Waals surface area (Å²) in [6, 6.07) is 13.2. The van der Waals surface area contributed by atoms with Crippen molar-refractivity contribution < 1.29 is 14.0 Å². The Morgan fingerprint density at radius 1 is 1.13 bits per heavy atom.